The first-order valence-electron chi connectivity index (χ1n) is 8.88. The van der Waals surface area contributed by atoms with E-state index < -0.39 is 0 Å². The lowest BCUT2D eigenvalue weighted by atomic mass is 9.72. The average Bonchev–Trinajstić information content (AvgIpc) is 3.09. The van der Waals surface area contributed by atoms with Crippen LogP contribution in [-0.2, 0) is 9.53 Å². The van der Waals surface area contributed by atoms with Gasteiger partial charge in [-0.25, -0.2) is 0 Å². The van der Waals surface area contributed by atoms with E-state index in [1.807, 2.05) is 12.1 Å². The highest BCUT2D eigenvalue weighted by atomic mass is 16.6. The quantitative estimate of drug-likeness (QED) is 0.543. The van der Waals surface area contributed by atoms with Crippen molar-refractivity contribution in [3.63, 3.8) is 0 Å². The number of carbonyl (C=O) groups is 1. The van der Waals surface area contributed by atoms with Crippen LogP contribution in [0.3, 0.4) is 0 Å². The van der Waals surface area contributed by atoms with Gasteiger partial charge in [-0.2, -0.15) is 0 Å². The number of nitrogens with zero attached hydrogens (tertiary/aromatic N) is 2. The Balaban J connectivity index is 1.55. The van der Waals surface area contributed by atoms with E-state index in [1.54, 1.807) is 12.4 Å². The molecule has 24 heavy (non-hydrogen) atoms. The third-order valence-electron chi connectivity index (χ3n) is 6.09. The standard InChI is InChI=1S/C20H20N2O2/c23-19-11-17-15(7-6-14-4-3-8-21-13-14)10-16-12-20(17,24-19)18-5-1-2-9-22(16)18/h3-4,8,10,13,16-18H,1-2,5,9,11-12H2. The Kier molecular flexibility index (Phi) is 3.08. The molecule has 4 aliphatic rings. The molecule has 0 aromatic carbocycles. The van der Waals surface area contributed by atoms with Crippen molar-refractivity contribution < 1.29 is 9.53 Å². The van der Waals surface area contributed by atoms with Gasteiger partial charge in [0.2, 0.25) is 0 Å². The molecule has 4 nitrogen and oxygen atoms in total. The molecule has 0 radical (unpaired) electrons. The van der Waals surface area contributed by atoms with Gasteiger partial charge in [-0.15, -0.1) is 0 Å². The molecule has 1 aliphatic carbocycles. The number of pyridine rings is 1. The van der Waals surface area contributed by atoms with Crippen LogP contribution in [0.25, 0.3) is 0 Å². The number of esters is 1. The van der Waals surface area contributed by atoms with Crippen LogP contribution < -0.4 is 0 Å². The summed E-state index contributed by atoms with van der Waals surface area (Å²) in [6.07, 6.45) is 10.9. The first-order chi connectivity index (χ1) is 11.8. The van der Waals surface area contributed by atoms with E-state index in [9.17, 15) is 4.79 Å². The summed E-state index contributed by atoms with van der Waals surface area (Å²) in [6.45, 7) is 1.11. The van der Waals surface area contributed by atoms with Crippen LogP contribution >= 0.6 is 0 Å². The smallest absolute Gasteiger partial charge is 0.307 e. The van der Waals surface area contributed by atoms with Gasteiger partial charge in [-0.05, 0) is 31.5 Å². The van der Waals surface area contributed by atoms with E-state index >= 15 is 0 Å². The molecule has 4 heteroatoms. The van der Waals surface area contributed by atoms with Gasteiger partial charge in [0.15, 0.2) is 0 Å². The Hall–Kier alpha value is -2.12. The zero-order chi connectivity index (χ0) is 16.1. The molecule has 4 heterocycles. The largest absolute Gasteiger partial charge is 0.457 e. The van der Waals surface area contributed by atoms with E-state index in [2.05, 4.69) is 27.8 Å². The van der Waals surface area contributed by atoms with E-state index in [0.29, 0.717) is 18.5 Å². The van der Waals surface area contributed by atoms with Crippen molar-refractivity contribution in [2.24, 2.45) is 5.92 Å². The van der Waals surface area contributed by atoms with Crippen LogP contribution in [0, 0.1) is 17.8 Å². The van der Waals surface area contributed by atoms with Crippen LogP contribution in [-0.4, -0.2) is 40.1 Å². The number of hydrogen-bond donors (Lipinski definition) is 0. The summed E-state index contributed by atoms with van der Waals surface area (Å²) in [6, 6.07) is 4.61. The Morgan fingerprint density at radius 2 is 2.29 bits per heavy atom. The number of aromatic nitrogens is 1. The third-order valence-corrected chi connectivity index (χ3v) is 6.09. The Morgan fingerprint density at radius 1 is 1.33 bits per heavy atom. The summed E-state index contributed by atoms with van der Waals surface area (Å²) in [5.74, 6) is 6.64. The SMILES string of the molecule is O=C1CC2C(C#Cc3cccnc3)=CC3CC2(O1)C1CCCCN31. The van der Waals surface area contributed by atoms with Gasteiger partial charge >= 0.3 is 5.97 Å². The van der Waals surface area contributed by atoms with Crippen LogP contribution in [0.4, 0.5) is 0 Å². The molecule has 0 N–H and O–H groups in total. The fraction of sp³-hybridized carbons (Fsp3) is 0.500. The number of ether oxygens (including phenoxy) is 1. The molecule has 1 aromatic heterocycles. The summed E-state index contributed by atoms with van der Waals surface area (Å²) < 4.78 is 5.99. The fourth-order valence-electron chi connectivity index (χ4n) is 5.17. The molecule has 4 unspecified atom stereocenters. The number of rotatable bonds is 0. The van der Waals surface area contributed by atoms with Crippen molar-refractivity contribution in [1.82, 2.24) is 9.88 Å². The lowest BCUT2D eigenvalue weighted by Gasteiger charge is -2.39. The van der Waals surface area contributed by atoms with Crippen LogP contribution in [0.15, 0.2) is 36.2 Å². The predicted molar refractivity (Wildman–Crippen MR) is 88.9 cm³/mol. The summed E-state index contributed by atoms with van der Waals surface area (Å²) >= 11 is 0. The highest BCUT2D eigenvalue weighted by molar-refractivity contribution is 5.75. The van der Waals surface area contributed by atoms with Crippen molar-refractivity contribution in [1.29, 1.82) is 0 Å². The Morgan fingerprint density at radius 3 is 3.17 bits per heavy atom. The summed E-state index contributed by atoms with van der Waals surface area (Å²) in [5.41, 5.74) is 1.68. The van der Waals surface area contributed by atoms with Gasteiger partial charge < -0.3 is 4.74 Å². The van der Waals surface area contributed by atoms with Crippen molar-refractivity contribution in [3.8, 4) is 11.8 Å². The molecule has 122 valence electrons. The van der Waals surface area contributed by atoms with E-state index in [1.165, 1.54) is 12.8 Å². The Bertz CT molecular complexity index is 776. The minimum Gasteiger partial charge on any atom is -0.457 e. The molecule has 5 rings (SSSR count). The molecule has 3 saturated heterocycles. The maximum atomic E-state index is 12.2. The van der Waals surface area contributed by atoms with E-state index in [-0.39, 0.29) is 17.5 Å². The Labute approximate surface area is 141 Å². The zero-order valence-electron chi connectivity index (χ0n) is 13.6. The summed E-state index contributed by atoms with van der Waals surface area (Å²) in [4.78, 5) is 18.8. The van der Waals surface area contributed by atoms with Crippen molar-refractivity contribution >= 4 is 5.97 Å². The molecule has 3 fully saturated rings. The average molecular weight is 320 g/mol. The zero-order valence-corrected chi connectivity index (χ0v) is 13.6. The van der Waals surface area contributed by atoms with Gasteiger partial charge in [0.25, 0.3) is 0 Å². The summed E-state index contributed by atoms with van der Waals surface area (Å²) in [7, 11) is 0. The maximum Gasteiger partial charge on any atom is 0.307 e. The number of piperidine rings is 1. The molecule has 0 saturated carbocycles. The second-order valence-corrected chi connectivity index (χ2v) is 7.32. The first-order valence-corrected chi connectivity index (χ1v) is 8.88. The van der Waals surface area contributed by atoms with Gasteiger partial charge in [0.1, 0.15) is 5.60 Å². The van der Waals surface area contributed by atoms with Crippen molar-refractivity contribution in [2.45, 2.75) is 49.8 Å². The molecule has 3 aliphatic heterocycles. The monoisotopic (exact) mass is 320 g/mol. The minimum absolute atomic E-state index is 0.0536. The highest BCUT2D eigenvalue weighted by Crippen LogP contribution is 2.55. The fourth-order valence-corrected chi connectivity index (χ4v) is 5.17. The second-order valence-electron chi connectivity index (χ2n) is 7.32. The van der Waals surface area contributed by atoms with Crippen LogP contribution in [0.1, 0.15) is 37.7 Å². The molecule has 1 aromatic rings. The molecule has 4 atom stereocenters. The number of fused-ring (bicyclic) bond motifs is 3. The second kappa shape index (κ2) is 5.19. The predicted octanol–water partition coefficient (Wildman–Crippen LogP) is 2.30. The van der Waals surface area contributed by atoms with Crippen LogP contribution in [0.5, 0.6) is 0 Å². The van der Waals surface area contributed by atoms with Crippen LogP contribution in [0.2, 0.25) is 0 Å². The third kappa shape index (κ3) is 1.98. The van der Waals surface area contributed by atoms with Crippen molar-refractivity contribution in [3.05, 3.63) is 41.7 Å². The first kappa shape index (κ1) is 14.2. The lowest BCUT2D eigenvalue weighted by Crippen LogP contribution is -2.50. The molecular formula is C20H20N2O2. The lowest BCUT2D eigenvalue weighted by molar-refractivity contribution is -0.152. The van der Waals surface area contributed by atoms with E-state index in [4.69, 9.17) is 4.74 Å². The van der Waals surface area contributed by atoms with Gasteiger partial charge in [0.05, 0.1) is 12.5 Å². The van der Waals surface area contributed by atoms with Gasteiger partial charge in [0, 0.05) is 41.9 Å². The molecular weight excluding hydrogens is 300 g/mol. The normalized spacial score (nSPS) is 36.9. The maximum absolute atomic E-state index is 12.2. The van der Waals surface area contributed by atoms with Crippen molar-refractivity contribution in [2.75, 3.05) is 6.54 Å². The molecule has 2 bridgehead atoms. The minimum atomic E-state index is -0.324. The number of hydrogen-bond acceptors (Lipinski definition) is 4. The highest BCUT2D eigenvalue weighted by Gasteiger charge is 2.64. The van der Waals surface area contributed by atoms with E-state index in [0.717, 1.165) is 30.5 Å². The van der Waals surface area contributed by atoms with Gasteiger partial charge in [-0.1, -0.05) is 24.3 Å². The number of carbonyl (C=O) groups excluding carboxylic acids is 1. The molecule has 0 amide bonds. The summed E-state index contributed by atoms with van der Waals surface area (Å²) in [5, 5.41) is 0. The van der Waals surface area contributed by atoms with Gasteiger partial charge in [-0.3, -0.25) is 14.7 Å². The topological polar surface area (TPSA) is 42.4 Å². The molecule has 1 spiro atoms.